The van der Waals surface area contributed by atoms with E-state index in [1.165, 1.54) is 0 Å². The van der Waals surface area contributed by atoms with Crippen molar-refractivity contribution < 1.29 is 9.47 Å². The number of aromatic nitrogens is 2. The molecule has 0 aliphatic carbocycles. The van der Waals surface area contributed by atoms with Crippen LogP contribution in [0.3, 0.4) is 0 Å². The molecule has 0 aliphatic heterocycles. The van der Waals surface area contributed by atoms with E-state index in [0.29, 0.717) is 13.2 Å². The topological polar surface area (TPSA) is 56.3 Å². The van der Waals surface area contributed by atoms with Gasteiger partial charge >= 0.3 is 0 Å². The highest BCUT2D eigenvalue weighted by molar-refractivity contribution is 9.10. The van der Waals surface area contributed by atoms with Crippen LogP contribution in [0.2, 0.25) is 0 Å². The fraction of sp³-hybridized carbons (Fsp3) is 0.176. The highest BCUT2D eigenvalue weighted by Gasteiger charge is 2.06. The zero-order valence-electron chi connectivity index (χ0n) is 12.6. The molecule has 3 rings (SSSR count). The van der Waals surface area contributed by atoms with Crippen LogP contribution in [0.25, 0.3) is 10.9 Å². The quantitative estimate of drug-likeness (QED) is 0.657. The first kappa shape index (κ1) is 15.7. The molecule has 3 aromatic rings. The summed E-state index contributed by atoms with van der Waals surface area (Å²) in [6, 6.07) is 13.7. The summed E-state index contributed by atoms with van der Waals surface area (Å²) in [6.07, 6.45) is 1.55. The highest BCUT2D eigenvalue weighted by Crippen LogP contribution is 2.27. The number of rotatable bonds is 6. The summed E-state index contributed by atoms with van der Waals surface area (Å²) in [4.78, 5) is 8.65. The second-order valence-corrected chi connectivity index (χ2v) is 5.79. The maximum absolute atomic E-state index is 5.66. The SMILES string of the molecule is COCCOc1ccc2ncnc(Nc3cccc(Br)c3)c2c1. The molecule has 5 nitrogen and oxygen atoms in total. The van der Waals surface area contributed by atoms with Crippen molar-refractivity contribution in [1.29, 1.82) is 0 Å². The third-order valence-electron chi connectivity index (χ3n) is 3.25. The van der Waals surface area contributed by atoms with E-state index >= 15 is 0 Å². The molecule has 0 saturated carbocycles. The number of hydrogen-bond donors (Lipinski definition) is 1. The number of anilines is 2. The molecule has 1 N–H and O–H groups in total. The molecule has 0 saturated heterocycles. The van der Waals surface area contributed by atoms with Crippen molar-refractivity contribution in [3.05, 3.63) is 53.3 Å². The summed E-state index contributed by atoms with van der Waals surface area (Å²) in [5, 5.41) is 4.23. The molecule has 0 amide bonds. The lowest BCUT2D eigenvalue weighted by Crippen LogP contribution is -2.04. The van der Waals surface area contributed by atoms with Crippen molar-refractivity contribution in [2.75, 3.05) is 25.6 Å². The van der Waals surface area contributed by atoms with Crippen molar-refractivity contribution in [2.45, 2.75) is 0 Å². The first-order valence-electron chi connectivity index (χ1n) is 7.15. The zero-order valence-corrected chi connectivity index (χ0v) is 14.2. The van der Waals surface area contributed by atoms with E-state index in [-0.39, 0.29) is 0 Å². The van der Waals surface area contributed by atoms with Crippen LogP contribution in [-0.2, 0) is 4.74 Å². The second-order valence-electron chi connectivity index (χ2n) is 4.88. The summed E-state index contributed by atoms with van der Waals surface area (Å²) >= 11 is 3.47. The summed E-state index contributed by atoms with van der Waals surface area (Å²) in [7, 11) is 1.65. The summed E-state index contributed by atoms with van der Waals surface area (Å²) in [5.74, 6) is 1.51. The first-order valence-corrected chi connectivity index (χ1v) is 7.94. The molecule has 1 aromatic heterocycles. The molecule has 1 heterocycles. The van der Waals surface area contributed by atoms with Crippen molar-refractivity contribution in [3.63, 3.8) is 0 Å². The summed E-state index contributed by atoms with van der Waals surface area (Å²) in [6.45, 7) is 1.05. The van der Waals surface area contributed by atoms with Crippen LogP contribution < -0.4 is 10.1 Å². The second kappa shape index (κ2) is 7.39. The van der Waals surface area contributed by atoms with Gasteiger partial charge in [0.05, 0.1) is 12.1 Å². The Hall–Kier alpha value is -2.18. The highest BCUT2D eigenvalue weighted by atomic mass is 79.9. The van der Waals surface area contributed by atoms with Crippen LogP contribution in [0.15, 0.2) is 53.3 Å². The molecule has 0 radical (unpaired) electrons. The number of ether oxygens (including phenoxy) is 2. The van der Waals surface area contributed by atoms with Gasteiger partial charge in [-0.25, -0.2) is 9.97 Å². The normalized spacial score (nSPS) is 10.7. The smallest absolute Gasteiger partial charge is 0.141 e. The number of methoxy groups -OCH3 is 1. The zero-order chi connectivity index (χ0) is 16.1. The van der Waals surface area contributed by atoms with Crippen LogP contribution in [-0.4, -0.2) is 30.3 Å². The minimum atomic E-state index is 0.504. The van der Waals surface area contributed by atoms with Crippen LogP contribution in [0.1, 0.15) is 0 Å². The maximum atomic E-state index is 5.66. The molecule has 0 aliphatic rings. The molecule has 2 aromatic carbocycles. The van der Waals surface area contributed by atoms with Crippen LogP contribution in [0.5, 0.6) is 5.75 Å². The predicted molar refractivity (Wildman–Crippen MR) is 94.3 cm³/mol. The monoisotopic (exact) mass is 373 g/mol. The number of hydrogen-bond acceptors (Lipinski definition) is 5. The van der Waals surface area contributed by atoms with Gasteiger partial charge < -0.3 is 14.8 Å². The number of halogens is 1. The van der Waals surface area contributed by atoms with Crippen LogP contribution >= 0.6 is 15.9 Å². The lowest BCUT2D eigenvalue weighted by molar-refractivity contribution is 0.146. The maximum Gasteiger partial charge on any atom is 0.141 e. The van der Waals surface area contributed by atoms with Gasteiger partial charge in [0.1, 0.15) is 24.5 Å². The molecular weight excluding hydrogens is 358 g/mol. The molecule has 0 atom stereocenters. The largest absolute Gasteiger partial charge is 0.491 e. The van der Waals surface area contributed by atoms with Crippen LogP contribution in [0, 0.1) is 0 Å². The van der Waals surface area contributed by atoms with E-state index in [0.717, 1.165) is 32.6 Å². The van der Waals surface area contributed by atoms with Crippen molar-refractivity contribution in [2.24, 2.45) is 0 Å². The third-order valence-corrected chi connectivity index (χ3v) is 3.74. The van der Waals surface area contributed by atoms with Gasteiger partial charge in [0.15, 0.2) is 0 Å². The average molecular weight is 374 g/mol. The number of benzene rings is 2. The number of nitrogens with one attached hydrogen (secondary N) is 1. The number of fused-ring (bicyclic) bond motifs is 1. The lowest BCUT2D eigenvalue weighted by atomic mass is 10.2. The van der Waals surface area contributed by atoms with Gasteiger partial charge in [-0.05, 0) is 36.4 Å². The van der Waals surface area contributed by atoms with Crippen molar-refractivity contribution >= 4 is 38.3 Å². The summed E-state index contributed by atoms with van der Waals surface area (Å²) in [5.41, 5.74) is 1.81. The standard InChI is InChI=1S/C17H16BrN3O2/c1-22-7-8-23-14-5-6-16-15(10-14)17(20-11-19-16)21-13-4-2-3-12(18)9-13/h2-6,9-11H,7-8H2,1H3,(H,19,20,21). The third kappa shape index (κ3) is 3.97. The van der Waals surface area contributed by atoms with Crippen LogP contribution in [0.4, 0.5) is 11.5 Å². The van der Waals surface area contributed by atoms with Gasteiger partial charge in [-0.2, -0.15) is 0 Å². The molecular formula is C17H16BrN3O2. The average Bonchev–Trinajstić information content (AvgIpc) is 2.56. The van der Waals surface area contributed by atoms with E-state index in [4.69, 9.17) is 9.47 Å². The Morgan fingerprint density at radius 2 is 2.00 bits per heavy atom. The fourth-order valence-electron chi connectivity index (χ4n) is 2.17. The van der Waals surface area contributed by atoms with E-state index in [1.54, 1.807) is 13.4 Å². The van der Waals surface area contributed by atoms with Gasteiger partial charge in [-0.1, -0.05) is 22.0 Å². The Morgan fingerprint density at radius 1 is 1.09 bits per heavy atom. The Bertz CT molecular complexity index is 811. The van der Waals surface area contributed by atoms with Crippen molar-refractivity contribution in [1.82, 2.24) is 9.97 Å². The molecule has 118 valence electrons. The Labute approximate surface area is 142 Å². The molecule has 0 fully saturated rings. The van der Waals surface area contributed by atoms with E-state index in [1.807, 2.05) is 42.5 Å². The van der Waals surface area contributed by atoms with Gasteiger partial charge in [0.2, 0.25) is 0 Å². The summed E-state index contributed by atoms with van der Waals surface area (Å²) < 4.78 is 11.7. The fourth-order valence-corrected chi connectivity index (χ4v) is 2.57. The van der Waals surface area contributed by atoms with E-state index in [2.05, 4.69) is 31.2 Å². The van der Waals surface area contributed by atoms with Gasteiger partial charge in [-0.3, -0.25) is 0 Å². The van der Waals surface area contributed by atoms with E-state index in [9.17, 15) is 0 Å². The minimum Gasteiger partial charge on any atom is -0.491 e. The van der Waals surface area contributed by atoms with Gasteiger partial charge in [-0.15, -0.1) is 0 Å². The molecule has 23 heavy (non-hydrogen) atoms. The first-order chi connectivity index (χ1) is 11.3. The van der Waals surface area contributed by atoms with Gasteiger partial charge in [0.25, 0.3) is 0 Å². The Morgan fingerprint density at radius 3 is 2.83 bits per heavy atom. The van der Waals surface area contributed by atoms with E-state index < -0.39 is 0 Å². The predicted octanol–water partition coefficient (Wildman–Crippen LogP) is 4.16. The molecule has 0 spiro atoms. The molecule has 0 bridgehead atoms. The Kier molecular flexibility index (Phi) is 5.05. The number of nitrogens with zero attached hydrogens (tertiary/aromatic N) is 2. The minimum absolute atomic E-state index is 0.504. The molecule has 0 unspecified atom stereocenters. The van der Waals surface area contributed by atoms with Gasteiger partial charge in [0, 0.05) is 22.7 Å². The van der Waals surface area contributed by atoms with Crippen molar-refractivity contribution in [3.8, 4) is 5.75 Å². The molecule has 6 heteroatoms. The lowest BCUT2D eigenvalue weighted by Gasteiger charge is -2.10. The Balaban J connectivity index is 1.91.